The maximum atomic E-state index is 12.5. The molecule has 0 fully saturated rings. The average Bonchev–Trinajstić information content (AvgIpc) is 4.41. The molecule has 0 aliphatic heterocycles. The number of furan rings is 3. The van der Waals surface area contributed by atoms with Crippen molar-refractivity contribution < 1.29 is 13.3 Å². The van der Waals surface area contributed by atoms with Gasteiger partial charge in [0.15, 0.2) is 0 Å². The van der Waals surface area contributed by atoms with E-state index in [9.17, 15) is 11.8 Å². The molecule has 6 aromatic heterocycles. The number of aromatic nitrogens is 3. The van der Waals surface area contributed by atoms with Crippen LogP contribution in [0.2, 0.25) is 0 Å². The molecule has 0 aliphatic rings. The summed E-state index contributed by atoms with van der Waals surface area (Å²) in [7, 11) is 0. The van der Waals surface area contributed by atoms with E-state index in [0.29, 0.717) is 39.5 Å². The first-order chi connectivity index (χ1) is 37.7. The van der Waals surface area contributed by atoms with Crippen LogP contribution < -0.4 is 0 Å². The van der Waals surface area contributed by atoms with Gasteiger partial charge in [0.1, 0.15) is 39.6 Å². The summed E-state index contributed by atoms with van der Waals surface area (Å²) in [4.78, 5) is 4.82. The molecular weight excluding hydrogens is 935 g/mol. The van der Waals surface area contributed by atoms with Crippen LogP contribution in [0.5, 0.6) is 0 Å². The van der Waals surface area contributed by atoms with E-state index >= 15 is 0 Å². The van der Waals surface area contributed by atoms with Gasteiger partial charge in [-0.1, -0.05) is 140 Å². The molecule has 0 amide bonds. The second kappa shape index (κ2) is 14.9. The van der Waals surface area contributed by atoms with Crippen LogP contribution in [0.25, 0.3) is 164 Å². The van der Waals surface area contributed by atoms with Gasteiger partial charge < -0.3 is 27.0 Å². The highest BCUT2D eigenvalue weighted by Crippen LogP contribution is 2.54. The predicted molar refractivity (Wildman–Crippen MR) is 308 cm³/mol. The van der Waals surface area contributed by atoms with Gasteiger partial charge in [-0.05, 0) is 78.4 Å². The van der Waals surface area contributed by atoms with Crippen LogP contribution in [0.15, 0.2) is 226 Å². The van der Waals surface area contributed by atoms with Gasteiger partial charge in [0.25, 0.3) is 0 Å². The molecule has 76 heavy (non-hydrogen) atoms. The quantitative estimate of drug-likeness (QED) is 0.165. The SMILES string of the molecule is [C-]#[N+]c1c(-n2c3ccccc3c3ccc4oc5ccccc5c4c32)c(C#N)c(-c2ccccc2)c(-n2c3ccccc3c3ccc4oc5ccccc5c4c32)c1-n1c2ccccc2c2ccc3oc4ccccc4c3c21. The van der Waals surface area contributed by atoms with Crippen LogP contribution in [0.4, 0.5) is 5.69 Å². The lowest BCUT2D eigenvalue weighted by molar-refractivity contribution is 0.669. The van der Waals surface area contributed by atoms with Gasteiger partial charge in [-0.25, -0.2) is 4.85 Å². The van der Waals surface area contributed by atoms with E-state index in [0.717, 1.165) is 131 Å². The average molecular weight is 970 g/mol. The molecule has 0 saturated carbocycles. The Kier molecular flexibility index (Phi) is 7.99. The number of benzene rings is 11. The molecule has 17 aromatic rings. The monoisotopic (exact) mass is 969 g/mol. The highest BCUT2D eigenvalue weighted by atomic mass is 16.3. The Morgan fingerprint density at radius 1 is 0.342 bits per heavy atom. The van der Waals surface area contributed by atoms with Crippen LogP contribution in [-0.2, 0) is 0 Å². The van der Waals surface area contributed by atoms with Gasteiger partial charge in [-0.15, -0.1) is 0 Å². The normalized spacial score (nSPS) is 12.2. The van der Waals surface area contributed by atoms with Gasteiger partial charge in [0.05, 0.1) is 78.5 Å². The summed E-state index contributed by atoms with van der Waals surface area (Å²) in [6.45, 7) is 9.93. The van der Waals surface area contributed by atoms with Crippen LogP contribution >= 0.6 is 0 Å². The Balaban J connectivity index is 1.21. The molecule has 17 rings (SSSR count). The van der Waals surface area contributed by atoms with Crippen molar-refractivity contribution in [3.8, 4) is 34.3 Å². The maximum Gasteiger partial charge on any atom is 0.237 e. The first kappa shape index (κ1) is 40.8. The number of hydrogen-bond donors (Lipinski definition) is 0. The van der Waals surface area contributed by atoms with Crippen molar-refractivity contribution >= 4 is 137 Å². The van der Waals surface area contributed by atoms with E-state index < -0.39 is 0 Å². The molecule has 0 bridgehead atoms. The minimum Gasteiger partial charge on any atom is -0.456 e. The topological polar surface area (TPSA) is 82.4 Å². The van der Waals surface area contributed by atoms with Crippen LogP contribution in [-0.4, -0.2) is 13.7 Å². The Hall–Kier alpha value is -10.8. The van der Waals surface area contributed by atoms with Gasteiger partial charge in [0, 0.05) is 54.0 Å². The number of nitriles is 1. The van der Waals surface area contributed by atoms with Crippen molar-refractivity contribution in [2.24, 2.45) is 0 Å². The molecule has 8 heteroatoms. The fraction of sp³-hybridized carbons (Fsp3) is 0. The summed E-state index contributed by atoms with van der Waals surface area (Å²) in [6.07, 6.45) is 0. The van der Waals surface area contributed by atoms with E-state index in [2.05, 4.69) is 147 Å². The van der Waals surface area contributed by atoms with E-state index in [1.165, 1.54) is 0 Å². The molecule has 0 spiro atoms. The third kappa shape index (κ3) is 5.14. The number of nitrogens with zero attached hydrogens (tertiary/aromatic N) is 5. The second-order valence-electron chi connectivity index (χ2n) is 19.6. The van der Waals surface area contributed by atoms with Crippen LogP contribution in [0.1, 0.15) is 5.56 Å². The first-order valence-electron chi connectivity index (χ1n) is 25.3. The molecule has 0 N–H and O–H groups in total. The molecule has 0 aliphatic carbocycles. The fourth-order valence-electron chi connectivity index (χ4n) is 12.9. The molecule has 0 unspecified atom stereocenters. The lowest BCUT2D eigenvalue weighted by atomic mass is 9.92. The summed E-state index contributed by atoms with van der Waals surface area (Å²) >= 11 is 0. The molecule has 6 heterocycles. The summed E-state index contributed by atoms with van der Waals surface area (Å²) in [5, 5.41) is 24.1. The Bertz CT molecular complexity index is 5510. The van der Waals surface area contributed by atoms with Crippen molar-refractivity contribution in [3.05, 3.63) is 229 Å². The van der Waals surface area contributed by atoms with Gasteiger partial charge in [0.2, 0.25) is 5.69 Å². The summed E-state index contributed by atoms with van der Waals surface area (Å²) in [5.74, 6) is 0. The largest absolute Gasteiger partial charge is 0.456 e. The fourth-order valence-corrected chi connectivity index (χ4v) is 12.9. The standard InChI is InChI=1S/C68H35N5O3/c1-70-62-66(71-49-25-11-5-19-39(49)42-31-34-55-59(63(42)71)45-22-8-14-28-52(45)74-55)48(37-69)58(38-17-3-2-4-18-38)67(72-50-26-12-6-20-40(50)43-32-35-56-60(64(43)72)46-23-9-15-29-53(46)75-56)68(62)73-51-27-13-7-21-41(51)44-33-36-57-61(65(44)73)47-24-10-16-30-54(47)76-57/h2-36H. The van der Waals surface area contributed by atoms with Crippen LogP contribution in [0.3, 0.4) is 0 Å². The Morgan fingerprint density at radius 3 is 1.11 bits per heavy atom. The lowest BCUT2D eigenvalue weighted by Crippen LogP contribution is -2.11. The summed E-state index contributed by atoms with van der Waals surface area (Å²) in [6, 6.07) is 75.4. The highest BCUT2D eigenvalue weighted by Gasteiger charge is 2.35. The van der Waals surface area contributed by atoms with E-state index in [1.54, 1.807) is 0 Å². The van der Waals surface area contributed by atoms with Crippen molar-refractivity contribution in [1.82, 2.24) is 13.7 Å². The number of fused-ring (bicyclic) bond motifs is 21. The third-order valence-electron chi connectivity index (χ3n) is 15.9. The van der Waals surface area contributed by atoms with Crippen molar-refractivity contribution in [2.45, 2.75) is 0 Å². The molecule has 11 aromatic carbocycles. The molecule has 0 atom stereocenters. The minimum absolute atomic E-state index is 0.293. The summed E-state index contributed by atoms with van der Waals surface area (Å²) < 4.78 is 26.9. The Morgan fingerprint density at radius 2 is 0.697 bits per heavy atom. The van der Waals surface area contributed by atoms with Crippen molar-refractivity contribution in [3.63, 3.8) is 0 Å². The van der Waals surface area contributed by atoms with Gasteiger partial charge in [-0.2, -0.15) is 5.26 Å². The molecular formula is C68H35N5O3. The summed E-state index contributed by atoms with van der Waals surface area (Å²) in [5.41, 5.74) is 13.6. The van der Waals surface area contributed by atoms with Crippen molar-refractivity contribution in [1.29, 1.82) is 5.26 Å². The molecule has 0 saturated heterocycles. The van der Waals surface area contributed by atoms with E-state index in [-0.39, 0.29) is 0 Å². The smallest absolute Gasteiger partial charge is 0.237 e. The molecule has 8 nitrogen and oxygen atoms in total. The lowest BCUT2D eigenvalue weighted by Gasteiger charge is -2.27. The molecule has 0 radical (unpaired) electrons. The Labute approximate surface area is 430 Å². The number of rotatable bonds is 4. The maximum absolute atomic E-state index is 12.5. The van der Waals surface area contributed by atoms with E-state index in [1.807, 2.05) is 84.9 Å². The van der Waals surface area contributed by atoms with Crippen molar-refractivity contribution in [2.75, 3.05) is 0 Å². The molecule has 350 valence electrons. The zero-order chi connectivity index (χ0) is 49.9. The number of hydrogen-bond acceptors (Lipinski definition) is 4. The van der Waals surface area contributed by atoms with Gasteiger partial charge >= 0.3 is 0 Å². The van der Waals surface area contributed by atoms with Crippen LogP contribution in [0, 0.1) is 17.9 Å². The number of para-hydroxylation sites is 6. The predicted octanol–water partition coefficient (Wildman–Crippen LogP) is 18.8. The first-order valence-corrected chi connectivity index (χ1v) is 25.3. The van der Waals surface area contributed by atoms with Gasteiger partial charge in [-0.3, -0.25) is 0 Å². The van der Waals surface area contributed by atoms with E-state index in [4.69, 9.17) is 18.1 Å². The second-order valence-corrected chi connectivity index (χ2v) is 19.6. The highest BCUT2D eigenvalue weighted by molar-refractivity contribution is 6.29. The zero-order valence-electron chi connectivity index (χ0n) is 40.2. The minimum atomic E-state index is 0.293. The zero-order valence-corrected chi connectivity index (χ0v) is 40.2. The third-order valence-corrected chi connectivity index (χ3v) is 15.9.